The average molecular weight is 234 g/mol. The number of amides is 1. The topological polar surface area (TPSA) is 50.2 Å². The zero-order valence-electron chi connectivity index (χ0n) is 9.93. The summed E-state index contributed by atoms with van der Waals surface area (Å²) in [5, 5.41) is 7.76. The molecule has 2 aliphatic rings. The Hall–Kier alpha value is -1.36. The van der Waals surface area contributed by atoms with Crippen molar-refractivity contribution in [2.45, 2.75) is 31.7 Å². The normalized spacial score (nSPS) is 22.4. The van der Waals surface area contributed by atoms with E-state index in [1.807, 2.05) is 22.0 Å². The van der Waals surface area contributed by atoms with Crippen molar-refractivity contribution in [3.8, 4) is 0 Å². The summed E-state index contributed by atoms with van der Waals surface area (Å²) in [5.74, 6) is 0.231. The molecule has 0 unspecified atom stereocenters. The zero-order chi connectivity index (χ0) is 11.7. The highest BCUT2D eigenvalue weighted by atomic mass is 16.2. The van der Waals surface area contributed by atoms with Crippen LogP contribution in [0.1, 0.15) is 31.7 Å². The van der Waals surface area contributed by atoms with Crippen LogP contribution in [0.5, 0.6) is 0 Å². The molecule has 0 saturated carbocycles. The van der Waals surface area contributed by atoms with Crippen LogP contribution in [0.4, 0.5) is 5.69 Å². The molecular formula is C12H18N4O. The van der Waals surface area contributed by atoms with Crippen molar-refractivity contribution in [1.29, 1.82) is 0 Å². The Balaban J connectivity index is 1.75. The fourth-order valence-electron chi connectivity index (χ4n) is 2.66. The van der Waals surface area contributed by atoms with Gasteiger partial charge in [-0.15, -0.1) is 0 Å². The average Bonchev–Trinajstić information content (AvgIpc) is 2.98. The van der Waals surface area contributed by atoms with Crippen LogP contribution in [0.25, 0.3) is 0 Å². The summed E-state index contributed by atoms with van der Waals surface area (Å²) in [6.45, 7) is 2.96. The number of carbonyl (C=O) groups is 1. The van der Waals surface area contributed by atoms with Crippen LogP contribution in [0, 0.1) is 0 Å². The van der Waals surface area contributed by atoms with Gasteiger partial charge in [-0.05, 0) is 32.4 Å². The Labute approximate surface area is 101 Å². The highest BCUT2D eigenvalue weighted by Crippen LogP contribution is 2.24. The van der Waals surface area contributed by atoms with E-state index >= 15 is 0 Å². The molecule has 0 aromatic carbocycles. The maximum absolute atomic E-state index is 11.6. The number of piperidine rings is 1. The number of hydrogen-bond donors (Lipinski definition) is 1. The van der Waals surface area contributed by atoms with Crippen LogP contribution in [-0.4, -0.2) is 35.3 Å². The quantitative estimate of drug-likeness (QED) is 0.828. The molecule has 5 heteroatoms. The fourth-order valence-corrected chi connectivity index (χ4v) is 2.66. The van der Waals surface area contributed by atoms with Crippen molar-refractivity contribution in [3.05, 3.63) is 12.4 Å². The van der Waals surface area contributed by atoms with E-state index in [0.29, 0.717) is 12.5 Å². The van der Waals surface area contributed by atoms with E-state index in [-0.39, 0.29) is 5.91 Å². The number of nitrogens with one attached hydrogen (secondary N) is 1. The first-order chi connectivity index (χ1) is 8.34. The molecule has 2 fully saturated rings. The van der Waals surface area contributed by atoms with Crippen LogP contribution in [-0.2, 0) is 4.79 Å². The van der Waals surface area contributed by atoms with Gasteiger partial charge in [-0.1, -0.05) is 0 Å². The van der Waals surface area contributed by atoms with E-state index in [1.165, 1.54) is 0 Å². The zero-order valence-corrected chi connectivity index (χ0v) is 9.93. The van der Waals surface area contributed by atoms with Crippen molar-refractivity contribution < 1.29 is 4.79 Å². The van der Waals surface area contributed by atoms with E-state index in [9.17, 15) is 4.79 Å². The van der Waals surface area contributed by atoms with Gasteiger partial charge in [-0.2, -0.15) is 5.10 Å². The van der Waals surface area contributed by atoms with Gasteiger partial charge in [-0.3, -0.25) is 9.48 Å². The van der Waals surface area contributed by atoms with Gasteiger partial charge in [0.1, 0.15) is 0 Å². The summed E-state index contributed by atoms with van der Waals surface area (Å²) in [7, 11) is 0. The Morgan fingerprint density at radius 3 is 2.88 bits per heavy atom. The predicted molar refractivity (Wildman–Crippen MR) is 65.0 cm³/mol. The van der Waals surface area contributed by atoms with Crippen molar-refractivity contribution >= 4 is 11.6 Å². The molecule has 3 heterocycles. The summed E-state index contributed by atoms with van der Waals surface area (Å²) in [6.07, 6.45) is 7.74. The van der Waals surface area contributed by atoms with Crippen molar-refractivity contribution in [2.24, 2.45) is 0 Å². The van der Waals surface area contributed by atoms with Gasteiger partial charge >= 0.3 is 0 Å². The molecule has 0 bridgehead atoms. The lowest BCUT2D eigenvalue weighted by atomic mass is 10.1. The van der Waals surface area contributed by atoms with E-state index in [4.69, 9.17) is 0 Å². The highest BCUT2D eigenvalue weighted by molar-refractivity contribution is 5.95. The molecule has 17 heavy (non-hydrogen) atoms. The second-order valence-electron chi connectivity index (χ2n) is 4.81. The number of rotatable bonds is 2. The largest absolute Gasteiger partial charge is 0.317 e. The number of nitrogens with zero attached hydrogens (tertiary/aromatic N) is 3. The molecule has 92 valence electrons. The third-order valence-electron chi connectivity index (χ3n) is 3.66. The SMILES string of the molecule is O=C1CCCN1c1cnn(C2CCNCC2)c1. The monoisotopic (exact) mass is 234 g/mol. The van der Waals surface area contributed by atoms with E-state index in [1.54, 1.807) is 0 Å². The Morgan fingerprint density at radius 2 is 2.18 bits per heavy atom. The lowest BCUT2D eigenvalue weighted by Crippen LogP contribution is -2.29. The molecule has 1 N–H and O–H groups in total. The van der Waals surface area contributed by atoms with Gasteiger partial charge in [0.25, 0.3) is 0 Å². The lowest BCUT2D eigenvalue weighted by molar-refractivity contribution is -0.117. The highest BCUT2D eigenvalue weighted by Gasteiger charge is 2.24. The minimum atomic E-state index is 0.231. The fraction of sp³-hybridized carbons (Fsp3) is 0.667. The number of carbonyl (C=O) groups excluding carboxylic acids is 1. The molecule has 5 nitrogen and oxygen atoms in total. The van der Waals surface area contributed by atoms with Gasteiger partial charge in [-0.25, -0.2) is 0 Å². The molecule has 2 aliphatic heterocycles. The van der Waals surface area contributed by atoms with Crippen molar-refractivity contribution in [1.82, 2.24) is 15.1 Å². The standard InChI is InChI=1S/C12H18N4O/c17-12-2-1-7-15(12)11-8-14-16(9-11)10-3-5-13-6-4-10/h8-10,13H,1-7H2. The van der Waals surface area contributed by atoms with Crippen molar-refractivity contribution in [3.63, 3.8) is 0 Å². The first-order valence-corrected chi connectivity index (χ1v) is 6.40. The third-order valence-corrected chi connectivity index (χ3v) is 3.66. The molecule has 1 amide bonds. The first-order valence-electron chi connectivity index (χ1n) is 6.40. The first kappa shape index (κ1) is 10.8. The van der Waals surface area contributed by atoms with Gasteiger partial charge < -0.3 is 10.2 Å². The van der Waals surface area contributed by atoms with Gasteiger partial charge in [0.2, 0.25) is 5.91 Å². The molecule has 0 atom stereocenters. The number of hydrogen-bond acceptors (Lipinski definition) is 3. The lowest BCUT2D eigenvalue weighted by Gasteiger charge is -2.22. The number of aromatic nitrogens is 2. The maximum Gasteiger partial charge on any atom is 0.227 e. The molecule has 0 spiro atoms. The smallest absolute Gasteiger partial charge is 0.227 e. The molecule has 0 radical (unpaired) electrons. The molecule has 1 aromatic heterocycles. The third kappa shape index (κ3) is 2.07. The van der Waals surface area contributed by atoms with E-state index < -0.39 is 0 Å². The van der Waals surface area contributed by atoms with Gasteiger partial charge in [0.15, 0.2) is 0 Å². The molecule has 1 aromatic rings. The molecular weight excluding hydrogens is 216 g/mol. The van der Waals surface area contributed by atoms with E-state index in [0.717, 1.165) is 44.6 Å². The Morgan fingerprint density at radius 1 is 1.35 bits per heavy atom. The Kier molecular flexibility index (Phi) is 2.84. The van der Waals surface area contributed by atoms with Gasteiger partial charge in [0.05, 0.1) is 17.9 Å². The van der Waals surface area contributed by atoms with Crippen LogP contribution in [0.2, 0.25) is 0 Å². The minimum Gasteiger partial charge on any atom is -0.317 e. The summed E-state index contributed by atoms with van der Waals surface area (Å²) in [6, 6.07) is 0.489. The van der Waals surface area contributed by atoms with Crippen LogP contribution in [0.15, 0.2) is 12.4 Å². The minimum absolute atomic E-state index is 0.231. The summed E-state index contributed by atoms with van der Waals surface area (Å²) < 4.78 is 2.03. The Bertz CT molecular complexity index is 408. The van der Waals surface area contributed by atoms with E-state index in [2.05, 4.69) is 10.4 Å². The molecule has 3 rings (SSSR count). The predicted octanol–water partition coefficient (Wildman–Crippen LogP) is 0.934. The van der Waals surface area contributed by atoms with Crippen LogP contribution in [0.3, 0.4) is 0 Å². The molecule has 0 aliphatic carbocycles. The van der Waals surface area contributed by atoms with Crippen LogP contribution < -0.4 is 10.2 Å². The second kappa shape index (κ2) is 4.49. The number of anilines is 1. The van der Waals surface area contributed by atoms with Crippen molar-refractivity contribution in [2.75, 3.05) is 24.5 Å². The molecule has 2 saturated heterocycles. The summed E-state index contributed by atoms with van der Waals surface area (Å²) in [4.78, 5) is 13.5. The summed E-state index contributed by atoms with van der Waals surface area (Å²) >= 11 is 0. The summed E-state index contributed by atoms with van der Waals surface area (Å²) in [5.41, 5.74) is 0.964. The maximum atomic E-state index is 11.6. The van der Waals surface area contributed by atoms with Crippen LogP contribution >= 0.6 is 0 Å². The second-order valence-corrected chi connectivity index (χ2v) is 4.81. The van der Waals surface area contributed by atoms with Gasteiger partial charge in [0, 0.05) is 19.2 Å².